The van der Waals surface area contributed by atoms with Gasteiger partial charge in [-0.25, -0.2) is 0 Å². The molecule has 2 aliphatic rings. The Morgan fingerprint density at radius 1 is 1.33 bits per heavy atom. The Balaban J connectivity index is 1.68. The summed E-state index contributed by atoms with van der Waals surface area (Å²) in [6.07, 6.45) is 9.63. The van der Waals surface area contributed by atoms with Crippen LogP contribution in [-0.2, 0) is 4.74 Å². The van der Waals surface area contributed by atoms with Crippen LogP contribution in [0.25, 0.3) is 0 Å². The first-order valence-electron chi connectivity index (χ1n) is 6.55. The number of hydrogen-bond donors (Lipinski definition) is 1. The van der Waals surface area contributed by atoms with E-state index in [9.17, 15) is 5.11 Å². The molecule has 3 unspecified atom stereocenters. The fourth-order valence-electron chi connectivity index (χ4n) is 3.11. The lowest BCUT2D eigenvalue weighted by molar-refractivity contribution is -0.00490. The Bertz CT molecular complexity index is 199. The zero-order valence-electron chi connectivity index (χ0n) is 9.87. The van der Waals surface area contributed by atoms with Gasteiger partial charge >= 0.3 is 0 Å². The van der Waals surface area contributed by atoms with Crippen molar-refractivity contribution < 1.29 is 9.84 Å². The summed E-state index contributed by atoms with van der Waals surface area (Å²) in [6, 6.07) is 0. The van der Waals surface area contributed by atoms with Crippen LogP contribution in [0.4, 0.5) is 0 Å². The SMILES string of the molecule is CC1CCCC1(O)CCCC1CCCO1. The average Bonchev–Trinajstić information content (AvgIpc) is 2.79. The minimum atomic E-state index is -0.349. The van der Waals surface area contributed by atoms with Gasteiger partial charge in [-0.15, -0.1) is 0 Å². The Morgan fingerprint density at radius 2 is 2.20 bits per heavy atom. The molecule has 0 aromatic heterocycles. The lowest BCUT2D eigenvalue weighted by atomic mass is 9.87. The van der Waals surface area contributed by atoms with Crippen molar-refractivity contribution in [3.8, 4) is 0 Å². The smallest absolute Gasteiger partial charge is 0.0673 e. The van der Waals surface area contributed by atoms with E-state index in [1.807, 2.05) is 0 Å². The van der Waals surface area contributed by atoms with Crippen molar-refractivity contribution in [1.29, 1.82) is 0 Å². The van der Waals surface area contributed by atoms with Gasteiger partial charge < -0.3 is 9.84 Å². The molecule has 2 fully saturated rings. The van der Waals surface area contributed by atoms with Gasteiger partial charge in [0.2, 0.25) is 0 Å². The number of hydrogen-bond acceptors (Lipinski definition) is 2. The van der Waals surface area contributed by atoms with Gasteiger partial charge in [0.1, 0.15) is 0 Å². The number of aliphatic hydroxyl groups is 1. The monoisotopic (exact) mass is 212 g/mol. The minimum Gasteiger partial charge on any atom is -0.390 e. The molecule has 1 aliphatic heterocycles. The predicted octanol–water partition coefficient (Wildman–Crippen LogP) is 2.89. The van der Waals surface area contributed by atoms with E-state index in [1.165, 1.54) is 25.7 Å². The van der Waals surface area contributed by atoms with Gasteiger partial charge in [0.15, 0.2) is 0 Å². The average molecular weight is 212 g/mol. The maximum atomic E-state index is 10.4. The second kappa shape index (κ2) is 4.84. The number of rotatable bonds is 4. The largest absolute Gasteiger partial charge is 0.390 e. The topological polar surface area (TPSA) is 29.5 Å². The lowest BCUT2D eigenvalue weighted by Crippen LogP contribution is -2.31. The first-order valence-corrected chi connectivity index (χ1v) is 6.55. The van der Waals surface area contributed by atoms with Gasteiger partial charge in [0, 0.05) is 6.61 Å². The molecule has 0 aromatic rings. The summed E-state index contributed by atoms with van der Waals surface area (Å²) >= 11 is 0. The Morgan fingerprint density at radius 3 is 2.80 bits per heavy atom. The van der Waals surface area contributed by atoms with E-state index in [-0.39, 0.29) is 5.60 Å². The highest BCUT2D eigenvalue weighted by Crippen LogP contribution is 2.39. The van der Waals surface area contributed by atoms with Crippen LogP contribution in [-0.4, -0.2) is 23.4 Å². The standard InChI is InChI=1S/C13H24O2/c1-11-5-2-8-13(11,14)9-3-6-12-7-4-10-15-12/h11-12,14H,2-10H2,1H3. The summed E-state index contributed by atoms with van der Waals surface area (Å²) in [5.41, 5.74) is -0.349. The molecule has 2 heteroatoms. The third-order valence-electron chi connectivity index (χ3n) is 4.32. The van der Waals surface area contributed by atoms with Crippen LogP contribution in [0.2, 0.25) is 0 Å². The molecule has 88 valence electrons. The maximum absolute atomic E-state index is 10.4. The fraction of sp³-hybridized carbons (Fsp3) is 1.00. The van der Waals surface area contributed by atoms with Crippen LogP contribution >= 0.6 is 0 Å². The molecule has 1 N–H and O–H groups in total. The molecule has 0 bridgehead atoms. The Kier molecular flexibility index (Phi) is 3.68. The van der Waals surface area contributed by atoms with Crippen molar-refractivity contribution in [1.82, 2.24) is 0 Å². The fourth-order valence-corrected chi connectivity index (χ4v) is 3.11. The van der Waals surface area contributed by atoms with Gasteiger partial charge in [-0.1, -0.05) is 13.3 Å². The minimum absolute atomic E-state index is 0.349. The second-order valence-corrected chi connectivity index (χ2v) is 5.42. The molecular weight excluding hydrogens is 188 g/mol. The van der Waals surface area contributed by atoms with Crippen molar-refractivity contribution in [3.63, 3.8) is 0 Å². The van der Waals surface area contributed by atoms with Gasteiger partial charge in [0.25, 0.3) is 0 Å². The zero-order valence-corrected chi connectivity index (χ0v) is 9.87. The molecular formula is C13H24O2. The summed E-state index contributed by atoms with van der Waals surface area (Å²) in [7, 11) is 0. The summed E-state index contributed by atoms with van der Waals surface area (Å²) < 4.78 is 5.60. The van der Waals surface area contributed by atoms with E-state index in [0.717, 1.165) is 32.3 Å². The molecule has 0 aromatic carbocycles. The van der Waals surface area contributed by atoms with Crippen LogP contribution < -0.4 is 0 Å². The van der Waals surface area contributed by atoms with Crippen molar-refractivity contribution >= 4 is 0 Å². The molecule has 0 spiro atoms. The highest BCUT2D eigenvalue weighted by Gasteiger charge is 2.37. The van der Waals surface area contributed by atoms with Crippen LogP contribution in [0.3, 0.4) is 0 Å². The summed E-state index contributed by atoms with van der Waals surface area (Å²) in [5.74, 6) is 0.502. The summed E-state index contributed by atoms with van der Waals surface area (Å²) in [4.78, 5) is 0. The zero-order chi connectivity index (χ0) is 10.7. The predicted molar refractivity (Wildman–Crippen MR) is 60.8 cm³/mol. The van der Waals surface area contributed by atoms with E-state index in [1.54, 1.807) is 0 Å². The van der Waals surface area contributed by atoms with Gasteiger partial charge in [-0.3, -0.25) is 0 Å². The normalized spacial score (nSPS) is 41.2. The lowest BCUT2D eigenvalue weighted by Gasteiger charge is -2.28. The molecule has 0 amide bonds. The van der Waals surface area contributed by atoms with Crippen LogP contribution in [0.15, 0.2) is 0 Å². The molecule has 3 atom stereocenters. The molecule has 2 nitrogen and oxygen atoms in total. The highest BCUT2D eigenvalue weighted by atomic mass is 16.5. The van der Waals surface area contributed by atoms with Gasteiger partial charge in [-0.05, 0) is 50.9 Å². The van der Waals surface area contributed by atoms with E-state index in [4.69, 9.17) is 4.74 Å². The van der Waals surface area contributed by atoms with E-state index in [0.29, 0.717) is 12.0 Å². The Hall–Kier alpha value is -0.0800. The van der Waals surface area contributed by atoms with Gasteiger partial charge in [0.05, 0.1) is 11.7 Å². The molecule has 1 saturated heterocycles. The first-order chi connectivity index (χ1) is 7.21. The molecule has 1 heterocycles. The molecule has 1 aliphatic carbocycles. The van der Waals surface area contributed by atoms with Crippen LogP contribution in [0.5, 0.6) is 0 Å². The maximum Gasteiger partial charge on any atom is 0.0673 e. The van der Waals surface area contributed by atoms with Gasteiger partial charge in [-0.2, -0.15) is 0 Å². The third kappa shape index (κ3) is 2.73. The van der Waals surface area contributed by atoms with E-state index in [2.05, 4.69) is 6.92 Å². The van der Waals surface area contributed by atoms with Crippen LogP contribution in [0.1, 0.15) is 58.3 Å². The molecule has 15 heavy (non-hydrogen) atoms. The van der Waals surface area contributed by atoms with E-state index < -0.39 is 0 Å². The van der Waals surface area contributed by atoms with E-state index >= 15 is 0 Å². The number of ether oxygens (including phenoxy) is 1. The third-order valence-corrected chi connectivity index (χ3v) is 4.32. The van der Waals surface area contributed by atoms with Crippen molar-refractivity contribution in [2.75, 3.05) is 6.61 Å². The molecule has 0 radical (unpaired) electrons. The summed E-state index contributed by atoms with van der Waals surface area (Å²) in [6.45, 7) is 3.14. The highest BCUT2D eigenvalue weighted by molar-refractivity contribution is 4.89. The molecule has 2 rings (SSSR count). The first kappa shape index (κ1) is 11.4. The van der Waals surface area contributed by atoms with Crippen LogP contribution in [0, 0.1) is 5.92 Å². The molecule has 1 saturated carbocycles. The Labute approximate surface area is 93.0 Å². The second-order valence-electron chi connectivity index (χ2n) is 5.42. The van der Waals surface area contributed by atoms with Crippen molar-refractivity contribution in [2.24, 2.45) is 5.92 Å². The van der Waals surface area contributed by atoms with Crippen molar-refractivity contribution in [3.05, 3.63) is 0 Å². The summed E-state index contributed by atoms with van der Waals surface area (Å²) in [5, 5.41) is 10.4. The quantitative estimate of drug-likeness (QED) is 0.776. The van der Waals surface area contributed by atoms with Crippen molar-refractivity contribution in [2.45, 2.75) is 70.0 Å².